The number of nitrogens with one attached hydrogen (secondary N) is 1. The third kappa shape index (κ3) is 6.50. The maximum absolute atomic E-state index is 12.3. The summed E-state index contributed by atoms with van der Waals surface area (Å²) in [5.41, 5.74) is 1.62. The lowest BCUT2D eigenvalue weighted by atomic mass is 10.2. The average molecular weight is 390 g/mol. The van der Waals surface area contributed by atoms with Gasteiger partial charge in [0, 0.05) is 12.2 Å². The minimum Gasteiger partial charge on any atom is -0.462 e. The minimum atomic E-state index is -3.56. The predicted octanol–water partition coefficient (Wildman–Crippen LogP) is 2.26. The summed E-state index contributed by atoms with van der Waals surface area (Å²) in [7, 11) is -3.56. The predicted molar refractivity (Wildman–Crippen MR) is 103 cm³/mol. The molecule has 2 rings (SSSR count). The summed E-state index contributed by atoms with van der Waals surface area (Å²) in [6, 6.07) is 15.2. The van der Waals surface area contributed by atoms with Crippen LogP contribution in [0.3, 0.4) is 0 Å². The van der Waals surface area contributed by atoms with Crippen LogP contribution in [0, 0.1) is 0 Å². The maximum atomic E-state index is 12.3. The van der Waals surface area contributed by atoms with Crippen LogP contribution in [-0.2, 0) is 26.1 Å². The van der Waals surface area contributed by atoms with E-state index in [-0.39, 0.29) is 19.7 Å². The standard InChI is InChI=1S/C19H22N2O5S/c1-3-26-19(23)16-9-11-17(12-10-16)20-18(22)14-21(27(2,24)25)13-15-7-5-4-6-8-15/h4-12H,3,13-14H2,1-2H3,(H,20,22). The molecule has 0 unspecified atom stereocenters. The Balaban J connectivity index is 2.02. The molecule has 0 bridgehead atoms. The van der Waals surface area contributed by atoms with Gasteiger partial charge in [-0.15, -0.1) is 0 Å². The van der Waals surface area contributed by atoms with Crippen LogP contribution in [0.2, 0.25) is 0 Å². The van der Waals surface area contributed by atoms with Gasteiger partial charge in [-0.25, -0.2) is 13.2 Å². The molecule has 0 fully saturated rings. The Labute approximate surface area is 159 Å². The monoisotopic (exact) mass is 390 g/mol. The lowest BCUT2D eigenvalue weighted by Gasteiger charge is -2.19. The lowest BCUT2D eigenvalue weighted by Crippen LogP contribution is -2.36. The van der Waals surface area contributed by atoms with Crippen molar-refractivity contribution in [2.24, 2.45) is 0 Å². The van der Waals surface area contributed by atoms with E-state index in [2.05, 4.69) is 5.32 Å². The fraction of sp³-hybridized carbons (Fsp3) is 0.263. The second-order valence-electron chi connectivity index (χ2n) is 5.86. The third-order valence-corrected chi connectivity index (χ3v) is 4.87. The van der Waals surface area contributed by atoms with Crippen molar-refractivity contribution in [1.82, 2.24) is 4.31 Å². The van der Waals surface area contributed by atoms with Crippen molar-refractivity contribution >= 4 is 27.6 Å². The van der Waals surface area contributed by atoms with Crippen molar-refractivity contribution in [3.8, 4) is 0 Å². The van der Waals surface area contributed by atoms with E-state index in [9.17, 15) is 18.0 Å². The van der Waals surface area contributed by atoms with Crippen molar-refractivity contribution in [2.45, 2.75) is 13.5 Å². The number of amides is 1. The van der Waals surface area contributed by atoms with Gasteiger partial charge in [0.05, 0.1) is 25.0 Å². The summed E-state index contributed by atoms with van der Waals surface area (Å²) in [4.78, 5) is 23.9. The lowest BCUT2D eigenvalue weighted by molar-refractivity contribution is -0.116. The molecule has 0 aliphatic rings. The number of benzene rings is 2. The van der Waals surface area contributed by atoms with Crippen molar-refractivity contribution in [3.63, 3.8) is 0 Å². The molecule has 0 heterocycles. The number of rotatable bonds is 8. The highest BCUT2D eigenvalue weighted by Crippen LogP contribution is 2.12. The van der Waals surface area contributed by atoms with Crippen molar-refractivity contribution in [1.29, 1.82) is 0 Å². The van der Waals surface area contributed by atoms with E-state index in [1.807, 2.05) is 6.07 Å². The highest BCUT2D eigenvalue weighted by molar-refractivity contribution is 7.88. The summed E-state index contributed by atoms with van der Waals surface area (Å²) in [6.45, 7) is 1.79. The first-order valence-electron chi connectivity index (χ1n) is 8.35. The van der Waals surface area contributed by atoms with Gasteiger partial charge in [-0.3, -0.25) is 4.79 Å². The molecule has 7 nitrogen and oxygen atoms in total. The zero-order valence-corrected chi connectivity index (χ0v) is 16.0. The van der Waals surface area contributed by atoms with Gasteiger partial charge in [0.15, 0.2) is 0 Å². The molecule has 0 saturated heterocycles. The van der Waals surface area contributed by atoms with E-state index in [4.69, 9.17) is 4.74 Å². The molecule has 0 aliphatic heterocycles. The summed E-state index contributed by atoms with van der Waals surface area (Å²) in [5.74, 6) is -0.915. The van der Waals surface area contributed by atoms with E-state index in [0.717, 1.165) is 16.1 Å². The number of nitrogens with zero attached hydrogens (tertiary/aromatic N) is 1. The number of hydrogen-bond donors (Lipinski definition) is 1. The zero-order valence-electron chi connectivity index (χ0n) is 15.2. The number of carbonyl (C=O) groups excluding carboxylic acids is 2. The normalized spacial score (nSPS) is 11.2. The van der Waals surface area contributed by atoms with Crippen LogP contribution < -0.4 is 5.32 Å². The summed E-state index contributed by atoms with van der Waals surface area (Å²) in [6.07, 6.45) is 1.07. The van der Waals surface area contributed by atoms with Gasteiger partial charge in [-0.1, -0.05) is 30.3 Å². The van der Waals surface area contributed by atoms with E-state index in [1.165, 1.54) is 12.1 Å². The highest BCUT2D eigenvalue weighted by Gasteiger charge is 2.20. The Bertz CT molecular complexity index is 880. The molecule has 0 atom stereocenters. The molecule has 0 spiro atoms. The molecule has 0 saturated carbocycles. The van der Waals surface area contributed by atoms with Crippen LogP contribution in [-0.4, -0.2) is 44.0 Å². The van der Waals surface area contributed by atoms with E-state index in [0.29, 0.717) is 11.3 Å². The van der Waals surface area contributed by atoms with Crippen LogP contribution >= 0.6 is 0 Å². The van der Waals surface area contributed by atoms with Crippen LogP contribution in [0.15, 0.2) is 54.6 Å². The van der Waals surface area contributed by atoms with Gasteiger partial charge < -0.3 is 10.1 Å². The molecular formula is C19H22N2O5S. The minimum absolute atomic E-state index is 0.106. The molecule has 1 amide bonds. The van der Waals surface area contributed by atoms with Crippen LogP contribution in [0.4, 0.5) is 5.69 Å². The molecule has 1 N–H and O–H groups in total. The SMILES string of the molecule is CCOC(=O)c1ccc(NC(=O)CN(Cc2ccccc2)S(C)(=O)=O)cc1. The molecule has 0 radical (unpaired) electrons. The number of sulfonamides is 1. The van der Waals surface area contributed by atoms with Crippen LogP contribution in [0.25, 0.3) is 0 Å². The number of ether oxygens (including phenoxy) is 1. The first-order chi connectivity index (χ1) is 12.8. The first kappa shape index (κ1) is 20.6. The Morgan fingerprint density at radius 1 is 1.04 bits per heavy atom. The smallest absolute Gasteiger partial charge is 0.338 e. The Morgan fingerprint density at radius 2 is 1.67 bits per heavy atom. The van der Waals surface area contributed by atoms with Gasteiger partial charge in [0.1, 0.15) is 0 Å². The largest absolute Gasteiger partial charge is 0.462 e. The van der Waals surface area contributed by atoms with Crippen molar-refractivity contribution < 1.29 is 22.7 Å². The number of esters is 1. The fourth-order valence-electron chi connectivity index (χ4n) is 2.34. The maximum Gasteiger partial charge on any atom is 0.338 e. The van der Waals surface area contributed by atoms with Crippen molar-refractivity contribution in [2.75, 3.05) is 24.7 Å². The number of hydrogen-bond acceptors (Lipinski definition) is 5. The topological polar surface area (TPSA) is 92.8 Å². The van der Waals surface area contributed by atoms with E-state index < -0.39 is 21.9 Å². The molecule has 0 aromatic heterocycles. The summed E-state index contributed by atoms with van der Waals surface area (Å²) >= 11 is 0. The third-order valence-electron chi connectivity index (χ3n) is 3.67. The Morgan fingerprint density at radius 3 is 2.22 bits per heavy atom. The van der Waals surface area contributed by atoms with E-state index in [1.54, 1.807) is 43.3 Å². The van der Waals surface area contributed by atoms with E-state index >= 15 is 0 Å². The molecule has 8 heteroatoms. The summed E-state index contributed by atoms with van der Waals surface area (Å²) < 4.78 is 30.0. The fourth-order valence-corrected chi connectivity index (χ4v) is 3.08. The molecule has 2 aromatic carbocycles. The Kier molecular flexibility index (Phi) is 7.09. The van der Waals surface area contributed by atoms with Gasteiger partial charge in [0.2, 0.25) is 15.9 Å². The number of carbonyl (C=O) groups is 2. The van der Waals surface area contributed by atoms with Gasteiger partial charge in [-0.2, -0.15) is 4.31 Å². The molecular weight excluding hydrogens is 368 g/mol. The van der Waals surface area contributed by atoms with Gasteiger partial charge in [0.25, 0.3) is 0 Å². The van der Waals surface area contributed by atoms with Crippen LogP contribution in [0.5, 0.6) is 0 Å². The number of anilines is 1. The second kappa shape index (κ2) is 9.29. The van der Waals surface area contributed by atoms with Gasteiger partial charge in [-0.05, 0) is 36.8 Å². The highest BCUT2D eigenvalue weighted by atomic mass is 32.2. The molecule has 0 aliphatic carbocycles. The molecule has 144 valence electrons. The van der Waals surface area contributed by atoms with Crippen LogP contribution in [0.1, 0.15) is 22.8 Å². The summed E-state index contributed by atoms with van der Waals surface area (Å²) in [5, 5.41) is 2.63. The molecule has 27 heavy (non-hydrogen) atoms. The zero-order chi connectivity index (χ0) is 19.9. The molecule has 2 aromatic rings. The quantitative estimate of drug-likeness (QED) is 0.698. The van der Waals surface area contributed by atoms with Gasteiger partial charge >= 0.3 is 5.97 Å². The van der Waals surface area contributed by atoms with Crippen molar-refractivity contribution in [3.05, 3.63) is 65.7 Å². The average Bonchev–Trinajstić information content (AvgIpc) is 2.62. The first-order valence-corrected chi connectivity index (χ1v) is 10.2. The Hall–Kier alpha value is -2.71. The second-order valence-corrected chi connectivity index (χ2v) is 7.85.